The summed E-state index contributed by atoms with van der Waals surface area (Å²) in [4.78, 5) is 6.69. The van der Waals surface area contributed by atoms with Crippen LogP contribution in [0.3, 0.4) is 0 Å². The van der Waals surface area contributed by atoms with Gasteiger partial charge >= 0.3 is 0 Å². The molecule has 1 unspecified atom stereocenters. The lowest BCUT2D eigenvalue weighted by Gasteiger charge is -2.45. The van der Waals surface area contributed by atoms with Crippen LogP contribution in [-0.4, -0.2) is 36.6 Å². The van der Waals surface area contributed by atoms with Crippen LogP contribution in [0.4, 0.5) is 0 Å². The van der Waals surface area contributed by atoms with E-state index in [2.05, 4.69) is 74.5 Å². The molecular formula is C18H27N3. The summed E-state index contributed by atoms with van der Waals surface area (Å²) >= 11 is 0. The predicted octanol–water partition coefficient (Wildman–Crippen LogP) is 3.62. The molecule has 114 valence electrons. The lowest BCUT2D eigenvalue weighted by molar-refractivity contribution is 0.0924. The zero-order valence-electron chi connectivity index (χ0n) is 13.9. The Labute approximate surface area is 128 Å². The van der Waals surface area contributed by atoms with Crippen molar-refractivity contribution in [2.24, 2.45) is 0 Å². The van der Waals surface area contributed by atoms with Gasteiger partial charge in [0.05, 0.1) is 6.04 Å². The number of benzene rings is 1. The molecule has 2 rings (SSSR count). The molecule has 0 radical (unpaired) electrons. The molecule has 0 saturated carbocycles. The van der Waals surface area contributed by atoms with Gasteiger partial charge in [0.25, 0.3) is 0 Å². The summed E-state index contributed by atoms with van der Waals surface area (Å²) in [6.45, 7) is 4.55. The molecule has 1 N–H and O–H groups in total. The molecule has 0 aliphatic rings. The SMILES string of the molecule is CCC(CC)(C(NC)c1cccc2ccncc12)N(C)C. The molecule has 0 saturated heterocycles. The number of hydrogen-bond acceptors (Lipinski definition) is 3. The summed E-state index contributed by atoms with van der Waals surface area (Å²) < 4.78 is 0. The Balaban J connectivity index is 2.63. The lowest BCUT2D eigenvalue weighted by atomic mass is 9.78. The number of pyridine rings is 1. The van der Waals surface area contributed by atoms with Crippen LogP contribution < -0.4 is 5.32 Å². The van der Waals surface area contributed by atoms with Gasteiger partial charge < -0.3 is 10.2 Å². The molecule has 0 spiro atoms. The van der Waals surface area contributed by atoms with E-state index in [1.54, 1.807) is 0 Å². The normalized spacial score (nSPS) is 13.8. The van der Waals surface area contributed by atoms with Gasteiger partial charge in [0.2, 0.25) is 0 Å². The van der Waals surface area contributed by atoms with Crippen LogP contribution in [0.5, 0.6) is 0 Å². The minimum Gasteiger partial charge on any atom is -0.311 e. The van der Waals surface area contributed by atoms with Gasteiger partial charge in [-0.15, -0.1) is 0 Å². The van der Waals surface area contributed by atoms with Gasteiger partial charge in [0.15, 0.2) is 0 Å². The van der Waals surface area contributed by atoms with Crippen molar-refractivity contribution in [2.75, 3.05) is 21.1 Å². The molecule has 1 aromatic heterocycles. The predicted molar refractivity (Wildman–Crippen MR) is 90.5 cm³/mol. The van der Waals surface area contributed by atoms with Crippen LogP contribution in [0, 0.1) is 0 Å². The Kier molecular flexibility index (Phi) is 4.96. The number of likely N-dealkylation sites (N-methyl/N-ethyl adjacent to an activating group) is 2. The van der Waals surface area contributed by atoms with Crippen molar-refractivity contribution < 1.29 is 0 Å². The fourth-order valence-electron chi connectivity index (χ4n) is 3.65. The maximum Gasteiger partial charge on any atom is 0.0511 e. The zero-order chi connectivity index (χ0) is 15.5. The third-order valence-electron chi connectivity index (χ3n) is 4.97. The van der Waals surface area contributed by atoms with Gasteiger partial charge in [-0.2, -0.15) is 0 Å². The zero-order valence-corrected chi connectivity index (χ0v) is 13.9. The van der Waals surface area contributed by atoms with Crippen LogP contribution in [0.1, 0.15) is 38.3 Å². The number of aromatic nitrogens is 1. The Morgan fingerprint density at radius 2 is 1.90 bits per heavy atom. The van der Waals surface area contributed by atoms with Crippen molar-refractivity contribution in [3.63, 3.8) is 0 Å². The van der Waals surface area contributed by atoms with Crippen molar-refractivity contribution >= 4 is 10.8 Å². The number of fused-ring (bicyclic) bond motifs is 1. The first-order chi connectivity index (χ1) is 10.1. The minimum absolute atomic E-state index is 0.0961. The highest BCUT2D eigenvalue weighted by Crippen LogP contribution is 2.38. The highest BCUT2D eigenvalue weighted by Gasteiger charge is 2.38. The van der Waals surface area contributed by atoms with E-state index in [0.29, 0.717) is 0 Å². The fourth-order valence-corrected chi connectivity index (χ4v) is 3.65. The lowest BCUT2D eigenvalue weighted by Crippen LogP contribution is -2.52. The van der Waals surface area contributed by atoms with Crippen molar-refractivity contribution in [2.45, 2.75) is 38.3 Å². The molecule has 0 amide bonds. The van der Waals surface area contributed by atoms with Gasteiger partial charge in [-0.25, -0.2) is 0 Å². The second-order valence-corrected chi connectivity index (χ2v) is 5.87. The second-order valence-electron chi connectivity index (χ2n) is 5.87. The summed E-state index contributed by atoms with van der Waals surface area (Å²) in [6, 6.07) is 8.89. The number of nitrogens with one attached hydrogen (secondary N) is 1. The molecule has 1 heterocycles. The quantitative estimate of drug-likeness (QED) is 0.878. The second kappa shape index (κ2) is 6.54. The molecule has 3 nitrogen and oxygen atoms in total. The molecule has 1 aromatic carbocycles. The van der Waals surface area contributed by atoms with E-state index in [1.807, 2.05) is 12.4 Å². The smallest absolute Gasteiger partial charge is 0.0511 e. The molecule has 1 atom stereocenters. The maximum absolute atomic E-state index is 4.33. The molecular weight excluding hydrogens is 258 g/mol. The fraction of sp³-hybridized carbons (Fsp3) is 0.500. The molecule has 21 heavy (non-hydrogen) atoms. The Bertz CT molecular complexity index is 583. The number of hydrogen-bond donors (Lipinski definition) is 1. The topological polar surface area (TPSA) is 28.2 Å². The Morgan fingerprint density at radius 1 is 1.19 bits per heavy atom. The summed E-state index contributed by atoms with van der Waals surface area (Å²) in [5.41, 5.74) is 1.43. The van der Waals surface area contributed by atoms with Crippen LogP contribution >= 0.6 is 0 Å². The summed E-state index contributed by atoms with van der Waals surface area (Å²) in [5, 5.41) is 6.06. The molecule has 0 fully saturated rings. The highest BCUT2D eigenvalue weighted by molar-refractivity contribution is 5.85. The van der Waals surface area contributed by atoms with E-state index in [-0.39, 0.29) is 11.6 Å². The average Bonchev–Trinajstić information content (AvgIpc) is 2.52. The third kappa shape index (κ3) is 2.68. The van der Waals surface area contributed by atoms with E-state index < -0.39 is 0 Å². The van der Waals surface area contributed by atoms with Crippen LogP contribution in [0.25, 0.3) is 10.8 Å². The number of rotatable bonds is 6. The van der Waals surface area contributed by atoms with Gasteiger partial charge in [0.1, 0.15) is 0 Å². The molecule has 3 heteroatoms. The maximum atomic E-state index is 4.33. The Hall–Kier alpha value is -1.45. The van der Waals surface area contributed by atoms with E-state index in [1.165, 1.54) is 16.3 Å². The first-order valence-electron chi connectivity index (χ1n) is 7.78. The van der Waals surface area contributed by atoms with Crippen LogP contribution in [0.2, 0.25) is 0 Å². The largest absolute Gasteiger partial charge is 0.311 e. The van der Waals surface area contributed by atoms with Crippen molar-refractivity contribution in [3.8, 4) is 0 Å². The summed E-state index contributed by atoms with van der Waals surface area (Å²) in [6.07, 6.45) is 6.04. The van der Waals surface area contributed by atoms with E-state index in [4.69, 9.17) is 0 Å². The third-order valence-corrected chi connectivity index (χ3v) is 4.97. The van der Waals surface area contributed by atoms with Gasteiger partial charge in [-0.3, -0.25) is 4.98 Å². The monoisotopic (exact) mass is 285 g/mol. The molecule has 0 aliphatic heterocycles. The number of nitrogens with zero attached hydrogens (tertiary/aromatic N) is 2. The standard InChI is InChI=1S/C18H27N3/c1-6-18(7-2,21(4)5)17(19-3)15-10-8-9-14-11-12-20-13-16(14)15/h8-13,17,19H,6-7H2,1-5H3. The van der Waals surface area contributed by atoms with E-state index in [0.717, 1.165) is 12.8 Å². The first-order valence-corrected chi connectivity index (χ1v) is 7.78. The highest BCUT2D eigenvalue weighted by atomic mass is 15.2. The molecule has 2 aromatic rings. The van der Waals surface area contributed by atoms with Crippen LogP contribution in [-0.2, 0) is 0 Å². The van der Waals surface area contributed by atoms with Crippen molar-refractivity contribution in [3.05, 3.63) is 42.2 Å². The summed E-state index contributed by atoms with van der Waals surface area (Å²) in [7, 11) is 6.42. The van der Waals surface area contributed by atoms with E-state index >= 15 is 0 Å². The molecule has 0 bridgehead atoms. The van der Waals surface area contributed by atoms with E-state index in [9.17, 15) is 0 Å². The van der Waals surface area contributed by atoms with Gasteiger partial charge in [-0.1, -0.05) is 32.0 Å². The van der Waals surface area contributed by atoms with Gasteiger partial charge in [-0.05, 0) is 51.0 Å². The average molecular weight is 285 g/mol. The van der Waals surface area contributed by atoms with Crippen LogP contribution in [0.15, 0.2) is 36.7 Å². The minimum atomic E-state index is 0.0961. The van der Waals surface area contributed by atoms with Crippen molar-refractivity contribution in [1.82, 2.24) is 15.2 Å². The Morgan fingerprint density at radius 3 is 2.48 bits per heavy atom. The molecule has 0 aliphatic carbocycles. The van der Waals surface area contributed by atoms with Gasteiger partial charge in [0, 0.05) is 23.3 Å². The first kappa shape index (κ1) is 15.9. The van der Waals surface area contributed by atoms with Crippen molar-refractivity contribution in [1.29, 1.82) is 0 Å². The summed E-state index contributed by atoms with van der Waals surface area (Å²) in [5.74, 6) is 0.